The summed E-state index contributed by atoms with van der Waals surface area (Å²) in [6.45, 7) is 0.459. The molecule has 1 heterocycles. The van der Waals surface area contributed by atoms with Gasteiger partial charge in [0.25, 0.3) is 0 Å². The molecule has 2 aromatic carbocycles. The molecule has 1 unspecified atom stereocenters. The van der Waals surface area contributed by atoms with Crippen LogP contribution in [0.3, 0.4) is 0 Å². The van der Waals surface area contributed by atoms with Crippen LogP contribution in [0.15, 0.2) is 42.5 Å². The number of nitro groups is 1. The van der Waals surface area contributed by atoms with E-state index in [1.54, 1.807) is 25.2 Å². The molecule has 0 radical (unpaired) electrons. The number of ether oxygens (including phenoxy) is 1. The minimum atomic E-state index is -0.379. The third-order valence-corrected chi connectivity index (χ3v) is 3.52. The van der Waals surface area contributed by atoms with Gasteiger partial charge in [-0.05, 0) is 18.2 Å². The maximum absolute atomic E-state index is 11.3. The largest absolute Gasteiger partial charge is 0.491 e. The normalized spacial score (nSPS) is 16.0. The number of hydrogen-bond acceptors (Lipinski definition) is 5. The molecule has 2 N–H and O–H groups in total. The molecule has 1 aliphatic rings. The molecule has 0 saturated heterocycles. The number of fused-ring (bicyclic) bond motifs is 1. The highest BCUT2D eigenvalue weighted by Gasteiger charge is 2.27. The molecule has 0 aromatic heterocycles. The van der Waals surface area contributed by atoms with Crippen LogP contribution in [0.1, 0.15) is 11.6 Å². The highest BCUT2D eigenvalue weighted by Crippen LogP contribution is 2.38. The molecule has 108 valence electrons. The fraction of sp³-hybridized carbons (Fsp3) is 0.200. The van der Waals surface area contributed by atoms with Crippen molar-refractivity contribution in [3.05, 3.63) is 58.1 Å². The van der Waals surface area contributed by atoms with Crippen molar-refractivity contribution in [1.29, 1.82) is 0 Å². The van der Waals surface area contributed by atoms with Gasteiger partial charge < -0.3 is 15.4 Å². The van der Waals surface area contributed by atoms with Gasteiger partial charge in [-0.1, -0.05) is 24.3 Å². The number of para-hydroxylation sites is 2. The molecule has 0 aliphatic carbocycles. The Morgan fingerprint density at radius 2 is 1.95 bits per heavy atom. The van der Waals surface area contributed by atoms with Gasteiger partial charge in [0.1, 0.15) is 23.7 Å². The molecule has 0 spiro atoms. The first-order chi connectivity index (χ1) is 10.2. The van der Waals surface area contributed by atoms with Crippen LogP contribution in [0, 0.1) is 10.1 Å². The summed E-state index contributed by atoms with van der Waals surface area (Å²) in [7, 11) is 1.67. The van der Waals surface area contributed by atoms with Crippen LogP contribution in [-0.4, -0.2) is 18.6 Å². The van der Waals surface area contributed by atoms with Gasteiger partial charge in [0.05, 0.1) is 11.0 Å². The van der Waals surface area contributed by atoms with Crippen molar-refractivity contribution in [2.45, 2.75) is 6.04 Å². The van der Waals surface area contributed by atoms with E-state index in [1.165, 1.54) is 0 Å². The second kappa shape index (κ2) is 5.32. The second-order valence-corrected chi connectivity index (χ2v) is 4.75. The van der Waals surface area contributed by atoms with Gasteiger partial charge >= 0.3 is 5.69 Å². The predicted molar refractivity (Wildman–Crippen MR) is 80.9 cm³/mol. The van der Waals surface area contributed by atoms with Crippen molar-refractivity contribution in [2.24, 2.45) is 0 Å². The van der Waals surface area contributed by atoms with Gasteiger partial charge in [-0.25, -0.2) is 0 Å². The third kappa shape index (κ3) is 2.35. The number of rotatable bonds is 4. The lowest BCUT2D eigenvalue weighted by molar-refractivity contribution is -0.383. The summed E-state index contributed by atoms with van der Waals surface area (Å²) in [4.78, 5) is 10.9. The Bertz CT molecular complexity index is 688. The number of hydrogen-bond donors (Lipinski definition) is 2. The van der Waals surface area contributed by atoms with Crippen molar-refractivity contribution >= 4 is 17.1 Å². The SMILES string of the molecule is CNc1cccc(NC2COc3ccccc32)c1[N+](=O)[O-]. The molecule has 6 heteroatoms. The highest BCUT2D eigenvalue weighted by atomic mass is 16.6. The molecule has 0 saturated carbocycles. The van der Waals surface area contributed by atoms with E-state index in [-0.39, 0.29) is 16.7 Å². The van der Waals surface area contributed by atoms with Crippen LogP contribution in [0.2, 0.25) is 0 Å². The summed E-state index contributed by atoms with van der Waals surface area (Å²) in [5, 5.41) is 17.4. The zero-order valence-electron chi connectivity index (χ0n) is 11.5. The number of nitro benzene ring substituents is 1. The summed E-state index contributed by atoms with van der Waals surface area (Å²) in [6, 6.07) is 12.8. The maximum atomic E-state index is 11.3. The van der Waals surface area contributed by atoms with Crippen molar-refractivity contribution < 1.29 is 9.66 Å². The molecule has 1 atom stereocenters. The maximum Gasteiger partial charge on any atom is 0.315 e. The third-order valence-electron chi connectivity index (χ3n) is 3.52. The second-order valence-electron chi connectivity index (χ2n) is 4.75. The van der Waals surface area contributed by atoms with E-state index in [0.29, 0.717) is 18.0 Å². The number of nitrogens with zero attached hydrogens (tertiary/aromatic N) is 1. The molecule has 2 aromatic rings. The van der Waals surface area contributed by atoms with Crippen molar-refractivity contribution in [1.82, 2.24) is 0 Å². The van der Waals surface area contributed by atoms with E-state index in [0.717, 1.165) is 11.3 Å². The van der Waals surface area contributed by atoms with E-state index in [2.05, 4.69) is 10.6 Å². The average Bonchev–Trinajstić information content (AvgIpc) is 2.90. The van der Waals surface area contributed by atoms with E-state index >= 15 is 0 Å². The van der Waals surface area contributed by atoms with E-state index in [9.17, 15) is 10.1 Å². The quantitative estimate of drug-likeness (QED) is 0.666. The summed E-state index contributed by atoms with van der Waals surface area (Å²) >= 11 is 0. The van der Waals surface area contributed by atoms with Gasteiger partial charge in [-0.2, -0.15) is 0 Å². The van der Waals surface area contributed by atoms with Crippen LogP contribution >= 0.6 is 0 Å². The summed E-state index contributed by atoms with van der Waals surface area (Å²) < 4.78 is 5.59. The van der Waals surface area contributed by atoms with Crippen LogP contribution in [0.5, 0.6) is 5.75 Å². The van der Waals surface area contributed by atoms with Gasteiger partial charge in [-0.3, -0.25) is 10.1 Å². The lowest BCUT2D eigenvalue weighted by Gasteiger charge is -2.14. The van der Waals surface area contributed by atoms with Gasteiger partial charge in [0.15, 0.2) is 0 Å². The number of anilines is 2. The molecule has 21 heavy (non-hydrogen) atoms. The Morgan fingerprint density at radius 1 is 1.19 bits per heavy atom. The van der Waals surface area contributed by atoms with E-state index < -0.39 is 0 Å². The molecule has 6 nitrogen and oxygen atoms in total. The first-order valence-electron chi connectivity index (χ1n) is 6.64. The van der Waals surface area contributed by atoms with Crippen LogP contribution in [0.4, 0.5) is 17.1 Å². The minimum absolute atomic E-state index is 0.0457. The van der Waals surface area contributed by atoms with E-state index in [1.807, 2.05) is 24.3 Å². The summed E-state index contributed by atoms with van der Waals surface area (Å²) in [6.07, 6.45) is 0. The molecule has 0 fully saturated rings. The Balaban J connectivity index is 1.95. The summed E-state index contributed by atoms with van der Waals surface area (Å²) in [5.41, 5.74) is 2.03. The Labute approximate surface area is 121 Å². The number of nitrogens with one attached hydrogen (secondary N) is 2. The lowest BCUT2D eigenvalue weighted by Crippen LogP contribution is -2.13. The fourth-order valence-corrected chi connectivity index (χ4v) is 2.53. The molecule has 3 rings (SSSR count). The number of benzene rings is 2. The lowest BCUT2D eigenvalue weighted by atomic mass is 10.1. The van der Waals surface area contributed by atoms with Crippen molar-refractivity contribution in [2.75, 3.05) is 24.3 Å². The zero-order chi connectivity index (χ0) is 14.8. The van der Waals surface area contributed by atoms with Crippen LogP contribution in [-0.2, 0) is 0 Å². The standard InChI is InChI=1S/C15H15N3O3/c1-16-11-6-4-7-12(15(11)18(19)20)17-13-9-21-14-8-3-2-5-10(13)14/h2-8,13,16-17H,9H2,1H3. The Kier molecular flexibility index (Phi) is 3.35. The van der Waals surface area contributed by atoms with E-state index in [4.69, 9.17) is 4.74 Å². The minimum Gasteiger partial charge on any atom is -0.491 e. The van der Waals surface area contributed by atoms with Gasteiger partial charge in [0, 0.05) is 12.6 Å². The predicted octanol–water partition coefficient (Wildman–Crippen LogP) is 3.18. The first kappa shape index (κ1) is 13.2. The van der Waals surface area contributed by atoms with Crippen molar-refractivity contribution in [3.8, 4) is 5.75 Å². The van der Waals surface area contributed by atoms with Gasteiger partial charge in [-0.15, -0.1) is 0 Å². The van der Waals surface area contributed by atoms with Crippen molar-refractivity contribution in [3.63, 3.8) is 0 Å². The molecule has 0 bridgehead atoms. The average molecular weight is 285 g/mol. The summed E-state index contributed by atoms with van der Waals surface area (Å²) in [5.74, 6) is 0.822. The van der Waals surface area contributed by atoms with Gasteiger partial charge in [0.2, 0.25) is 0 Å². The molecule has 0 amide bonds. The van der Waals surface area contributed by atoms with Crippen LogP contribution in [0.25, 0.3) is 0 Å². The molecular formula is C15H15N3O3. The first-order valence-corrected chi connectivity index (χ1v) is 6.64. The topological polar surface area (TPSA) is 76.4 Å². The highest BCUT2D eigenvalue weighted by molar-refractivity contribution is 5.76. The monoisotopic (exact) mass is 285 g/mol. The zero-order valence-corrected chi connectivity index (χ0v) is 11.5. The smallest absolute Gasteiger partial charge is 0.315 e. The Morgan fingerprint density at radius 3 is 2.71 bits per heavy atom. The Hall–Kier alpha value is -2.76. The molecular weight excluding hydrogens is 270 g/mol. The van der Waals surface area contributed by atoms with Crippen LogP contribution < -0.4 is 15.4 Å². The fourth-order valence-electron chi connectivity index (χ4n) is 2.53. The molecule has 1 aliphatic heterocycles.